The molecule has 0 amide bonds. The Balaban J connectivity index is 1.65. The van der Waals surface area contributed by atoms with Crippen LogP contribution in [0.2, 0.25) is 0 Å². The van der Waals surface area contributed by atoms with Crippen molar-refractivity contribution in [2.45, 2.75) is 6.54 Å². The Morgan fingerprint density at radius 3 is 2.83 bits per heavy atom. The van der Waals surface area contributed by atoms with Gasteiger partial charge < -0.3 is 10.2 Å². The van der Waals surface area contributed by atoms with E-state index in [-0.39, 0.29) is 0 Å². The Bertz CT molecular complexity index is 817. The topological polar surface area (TPSA) is 57.2 Å². The zero-order chi connectivity index (χ0) is 16.4. The second kappa shape index (κ2) is 7.16. The summed E-state index contributed by atoms with van der Waals surface area (Å²) in [6.07, 6.45) is 3.60. The number of hydrogen-bond donors (Lipinski definition) is 1. The maximum absolute atomic E-state index is 4.81. The average Bonchev–Trinajstić information content (AvgIpc) is 3.13. The minimum atomic E-state index is 0.771. The van der Waals surface area contributed by atoms with Crippen LogP contribution in [0.1, 0.15) is 4.88 Å². The van der Waals surface area contributed by atoms with E-state index in [1.165, 1.54) is 4.88 Å². The van der Waals surface area contributed by atoms with Crippen molar-refractivity contribution in [3.05, 3.63) is 40.8 Å². The molecule has 0 saturated carbocycles. The van der Waals surface area contributed by atoms with Crippen LogP contribution >= 0.6 is 34.2 Å². The molecule has 1 fully saturated rings. The summed E-state index contributed by atoms with van der Waals surface area (Å²) < 4.78 is 2.30. The summed E-state index contributed by atoms with van der Waals surface area (Å²) in [5.41, 5.74) is 0.882. The lowest BCUT2D eigenvalue weighted by atomic mass is 10.3. The smallest absolute Gasteiger partial charge is 0.228 e. The largest absolute Gasteiger partial charge is 0.364 e. The Labute approximate surface area is 158 Å². The minimum absolute atomic E-state index is 0.771. The third-order valence-electron chi connectivity index (χ3n) is 4.01. The molecule has 4 heterocycles. The zero-order valence-electron chi connectivity index (χ0n) is 13.0. The lowest BCUT2D eigenvalue weighted by molar-refractivity contribution is 0.456. The molecule has 8 heteroatoms. The molecule has 24 heavy (non-hydrogen) atoms. The molecule has 1 aliphatic rings. The number of thiophene rings is 1. The third kappa shape index (κ3) is 3.45. The van der Waals surface area contributed by atoms with Gasteiger partial charge in [-0.3, -0.25) is 4.98 Å². The van der Waals surface area contributed by atoms with Crippen molar-refractivity contribution in [2.75, 3.05) is 36.4 Å². The van der Waals surface area contributed by atoms with Crippen molar-refractivity contribution < 1.29 is 0 Å². The van der Waals surface area contributed by atoms with Crippen LogP contribution in [0.4, 0.5) is 11.8 Å². The Morgan fingerprint density at radius 1 is 1.17 bits per heavy atom. The second-order valence-electron chi connectivity index (χ2n) is 5.59. The van der Waals surface area contributed by atoms with Gasteiger partial charge in [0, 0.05) is 65.5 Å². The summed E-state index contributed by atoms with van der Waals surface area (Å²) in [7, 11) is 0. The fraction of sp³-hybridized carbons (Fsp3) is 0.312. The first-order valence-corrected chi connectivity index (χ1v) is 9.68. The Kier molecular flexibility index (Phi) is 4.76. The Morgan fingerprint density at radius 2 is 2.04 bits per heavy atom. The molecule has 4 rings (SSSR count). The fourth-order valence-electron chi connectivity index (χ4n) is 2.71. The van der Waals surface area contributed by atoms with Gasteiger partial charge in [0.25, 0.3) is 0 Å². The highest BCUT2D eigenvalue weighted by Gasteiger charge is 2.19. The number of pyridine rings is 1. The first-order chi connectivity index (χ1) is 11.8. The van der Waals surface area contributed by atoms with Gasteiger partial charge in [-0.25, -0.2) is 8.10 Å². The van der Waals surface area contributed by atoms with Gasteiger partial charge in [-0.2, -0.15) is 4.98 Å². The highest BCUT2D eigenvalue weighted by Crippen LogP contribution is 2.24. The van der Waals surface area contributed by atoms with Crippen LogP contribution in [0.25, 0.3) is 10.9 Å². The summed E-state index contributed by atoms with van der Waals surface area (Å²) >= 11 is 4.12. The maximum atomic E-state index is 4.81. The van der Waals surface area contributed by atoms with E-state index in [9.17, 15) is 0 Å². The van der Waals surface area contributed by atoms with Crippen LogP contribution in [0.15, 0.2) is 36.0 Å². The average molecular weight is 452 g/mol. The monoisotopic (exact) mass is 452 g/mol. The quantitative estimate of drug-likeness (QED) is 0.485. The number of rotatable bonds is 4. The number of fused-ring (bicyclic) bond motifs is 1. The molecule has 3 aromatic rings. The fourth-order valence-corrected chi connectivity index (χ4v) is 3.79. The molecule has 0 bridgehead atoms. The van der Waals surface area contributed by atoms with Crippen molar-refractivity contribution in [2.24, 2.45) is 0 Å². The number of nitrogens with zero attached hydrogens (tertiary/aromatic N) is 5. The predicted octanol–water partition coefficient (Wildman–Crippen LogP) is 3.17. The Hall–Kier alpha value is -1.52. The number of aromatic nitrogens is 3. The lowest BCUT2D eigenvalue weighted by Gasteiger charge is -2.31. The summed E-state index contributed by atoms with van der Waals surface area (Å²) in [6, 6.07) is 6.17. The molecule has 1 N–H and O–H groups in total. The minimum Gasteiger partial charge on any atom is -0.364 e. The van der Waals surface area contributed by atoms with Gasteiger partial charge in [0.05, 0.1) is 18.3 Å². The van der Waals surface area contributed by atoms with E-state index in [1.807, 2.05) is 12.3 Å². The molecule has 0 aliphatic carbocycles. The third-order valence-corrected chi connectivity index (χ3v) is 5.85. The van der Waals surface area contributed by atoms with Crippen LogP contribution in [-0.2, 0) is 6.54 Å². The van der Waals surface area contributed by atoms with Crippen molar-refractivity contribution in [3.63, 3.8) is 0 Å². The van der Waals surface area contributed by atoms with Gasteiger partial charge >= 0.3 is 0 Å². The molecule has 1 aliphatic heterocycles. The highest BCUT2D eigenvalue weighted by molar-refractivity contribution is 14.1. The molecule has 124 valence electrons. The molecular formula is C16H17IN6S. The van der Waals surface area contributed by atoms with Crippen LogP contribution in [-0.4, -0.2) is 44.2 Å². The van der Waals surface area contributed by atoms with Gasteiger partial charge in [-0.05, 0) is 17.5 Å². The number of halogens is 1. The first-order valence-electron chi connectivity index (χ1n) is 7.83. The van der Waals surface area contributed by atoms with Gasteiger partial charge in [-0.1, -0.05) is 6.07 Å². The predicted molar refractivity (Wildman–Crippen MR) is 107 cm³/mol. The van der Waals surface area contributed by atoms with Crippen LogP contribution in [0, 0.1) is 0 Å². The molecule has 1 saturated heterocycles. The SMILES string of the molecule is IN1CCN(c2nc(NCc3cccs3)c3ccncc3n2)CC1. The summed E-state index contributed by atoms with van der Waals surface area (Å²) in [4.78, 5) is 17.3. The van der Waals surface area contributed by atoms with Crippen molar-refractivity contribution in [3.8, 4) is 0 Å². The van der Waals surface area contributed by atoms with Gasteiger partial charge in [0.2, 0.25) is 5.95 Å². The highest BCUT2D eigenvalue weighted by atomic mass is 127. The molecule has 0 spiro atoms. The number of hydrogen-bond acceptors (Lipinski definition) is 7. The van der Waals surface area contributed by atoms with E-state index < -0.39 is 0 Å². The van der Waals surface area contributed by atoms with Crippen molar-refractivity contribution >= 4 is 56.9 Å². The zero-order valence-corrected chi connectivity index (χ0v) is 16.0. The van der Waals surface area contributed by atoms with Crippen LogP contribution < -0.4 is 10.2 Å². The van der Waals surface area contributed by atoms with Crippen LogP contribution in [0.5, 0.6) is 0 Å². The molecule has 3 aromatic heterocycles. The molecule has 0 aromatic carbocycles. The van der Waals surface area contributed by atoms with E-state index >= 15 is 0 Å². The second-order valence-corrected chi connectivity index (χ2v) is 7.99. The van der Waals surface area contributed by atoms with Gasteiger partial charge in [0.15, 0.2) is 0 Å². The first kappa shape index (κ1) is 16.0. The number of anilines is 2. The lowest BCUT2D eigenvalue weighted by Crippen LogP contribution is -2.43. The molecule has 6 nitrogen and oxygen atoms in total. The van der Waals surface area contributed by atoms with Crippen molar-refractivity contribution in [1.29, 1.82) is 0 Å². The molecule has 0 radical (unpaired) electrons. The standard InChI is InChI=1S/C16H17IN6S/c17-23-7-5-22(6-8-23)16-20-14-11-18-4-3-13(14)15(21-16)19-10-12-2-1-9-24-12/h1-4,9,11H,5-8,10H2,(H,19,20,21). The number of nitrogens with one attached hydrogen (secondary N) is 1. The van der Waals surface area contributed by atoms with E-state index in [4.69, 9.17) is 9.97 Å². The summed E-state index contributed by atoms with van der Waals surface area (Å²) in [5.74, 6) is 1.66. The maximum Gasteiger partial charge on any atom is 0.228 e. The summed E-state index contributed by atoms with van der Waals surface area (Å²) in [5, 5.41) is 6.57. The van der Waals surface area contributed by atoms with E-state index in [0.29, 0.717) is 0 Å². The van der Waals surface area contributed by atoms with E-state index in [2.05, 4.69) is 58.7 Å². The van der Waals surface area contributed by atoms with Gasteiger partial charge in [0.1, 0.15) is 5.82 Å². The van der Waals surface area contributed by atoms with Crippen molar-refractivity contribution in [1.82, 2.24) is 18.1 Å². The van der Waals surface area contributed by atoms with Gasteiger partial charge in [-0.15, -0.1) is 11.3 Å². The molecule has 0 unspecified atom stereocenters. The van der Waals surface area contributed by atoms with E-state index in [0.717, 1.165) is 55.4 Å². The number of piperazine rings is 1. The summed E-state index contributed by atoms with van der Waals surface area (Å²) in [6.45, 7) is 4.70. The van der Waals surface area contributed by atoms with E-state index in [1.54, 1.807) is 17.5 Å². The normalized spacial score (nSPS) is 15.8. The molecule has 0 atom stereocenters. The molecular weight excluding hydrogens is 435 g/mol. The van der Waals surface area contributed by atoms with Crippen LogP contribution in [0.3, 0.4) is 0 Å².